The van der Waals surface area contributed by atoms with Gasteiger partial charge in [0.2, 0.25) is 0 Å². The van der Waals surface area contributed by atoms with E-state index >= 15 is 0 Å². The van der Waals surface area contributed by atoms with Crippen molar-refractivity contribution in [3.05, 3.63) is 91.8 Å². The van der Waals surface area contributed by atoms with Gasteiger partial charge in [-0.3, -0.25) is 19.5 Å². The van der Waals surface area contributed by atoms with Crippen LogP contribution in [0.4, 0.5) is 11.4 Å². The van der Waals surface area contributed by atoms with Gasteiger partial charge in [-0.1, -0.05) is 30.0 Å². The average Bonchev–Trinajstić information content (AvgIpc) is 3.35. The lowest BCUT2D eigenvalue weighted by Crippen LogP contribution is -2.27. The van der Waals surface area contributed by atoms with Gasteiger partial charge in [0.15, 0.2) is 22.5 Å². The van der Waals surface area contributed by atoms with Crippen molar-refractivity contribution >= 4 is 57.8 Å². The maximum atomic E-state index is 12.8. The molecule has 0 aliphatic carbocycles. The Morgan fingerprint density at radius 2 is 1.95 bits per heavy atom. The molecule has 0 saturated heterocycles. The maximum absolute atomic E-state index is 12.8. The molecule has 40 heavy (non-hydrogen) atoms. The Kier molecular flexibility index (Phi) is 9.55. The number of halogens is 1. The molecular weight excluding hydrogens is 649 g/mol. The maximum Gasteiger partial charge on any atom is 0.274 e. The number of para-hydroxylation sites is 1. The smallest absolute Gasteiger partial charge is 0.274 e. The second kappa shape index (κ2) is 13.3. The van der Waals surface area contributed by atoms with E-state index in [0.29, 0.717) is 17.5 Å². The van der Waals surface area contributed by atoms with Crippen LogP contribution in [-0.4, -0.2) is 49.3 Å². The van der Waals surface area contributed by atoms with E-state index in [4.69, 9.17) is 4.74 Å². The number of aromatic nitrogens is 3. The number of nitro groups is 1. The van der Waals surface area contributed by atoms with E-state index < -0.39 is 16.1 Å². The quantitative estimate of drug-likeness (QED) is 0.0673. The summed E-state index contributed by atoms with van der Waals surface area (Å²) in [5.41, 5.74) is 3.90. The molecule has 12 nitrogen and oxygen atoms in total. The number of nitrogens with zero attached hydrogens (tertiary/aromatic N) is 5. The fourth-order valence-electron chi connectivity index (χ4n) is 3.52. The molecule has 3 N–H and O–H groups in total. The summed E-state index contributed by atoms with van der Waals surface area (Å²) in [6.45, 7) is 2.10. The molecule has 0 saturated carbocycles. The van der Waals surface area contributed by atoms with Crippen molar-refractivity contribution in [2.75, 3.05) is 12.4 Å². The van der Waals surface area contributed by atoms with E-state index in [9.17, 15) is 20.0 Å². The highest BCUT2D eigenvalue weighted by Gasteiger charge is 2.21. The molecule has 4 rings (SSSR count). The molecule has 0 bridgehead atoms. The van der Waals surface area contributed by atoms with E-state index in [0.717, 1.165) is 33.3 Å². The molecule has 0 aliphatic heterocycles. The number of methoxy groups -OCH3 is 1. The molecule has 3 aromatic carbocycles. The van der Waals surface area contributed by atoms with Gasteiger partial charge in [0.05, 0.1) is 36.1 Å². The summed E-state index contributed by atoms with van der Waals surface area (Å²) in [7, 11) is 1.28. The van der Waals surface area contributed by atoms with Gasteiger partial charge in [0.1, 0.15) is 0 Å². The Morgan fingerprint density at radius 1 is 1.23 bits per heavy atom. The minimum Gasteiger partial charge on any atom is -0.504 e. The molecule has 0 unspecified atom stereocenters. The van der Waals surface area contributed by atoms with Crippen molar-refractivity contribution in [2.45, 2.75) is 23.9 Å². The number of nitrogens with one attached hydrogen (secondary N) is 2. The molecule has 0 aliphatic rings. The first-order valence-electron chi connectivity index (χ1n) is 11.8. The Morgan fingerprint density at radius 3 is 2.62 bits per heavy atom. The molecule has 1 atom stereocenters. The standard InChI is InChI=1S/C26H24IN7O5S/c1-16(25(36)31-29-14-17-12-21(34(37)38)13-22(39-2)24(17)35)40-26-32-30-23(33(26)20-6-4-3-5-7-20)15-28-19-10-8-18(27)9-11-19/h3-14,16,28,35H,15H2,1-2H3,(H,31,36)/b29-14-/t16-/m0/s1. The summed E-state index contributed by atoms with van der Waals surface area (Å²) in [4.78, 5) is 23.3. The summed E-state index contributed by atoms with van der Waals surface area (Å²) >= 11 is 3.44. The summed E-state index contributed by atoms with van der Waals surface area (Å²) in [5.74, 6) is -0.207. The number of phenols is 1. The highest BCUT2D eigenvalue weighted by molar-refractivity contribution is 14.1. The summed E-state index contributed by atoms with van der Waals surface area (Å²) < 4.78 is 7.99. The summed E-state index contributed by atoms with van der Waals surface area (Å²) in [6.07, 6.45) is 1.11. The highest BCUT2D eigenvalue weighted by Crippen LogP contribution is 2.33. The third-order valence-corrected chi connectivity index (χ3v) is 7.32. The molecule has 0 fully saturated rings. The van der Waals surface area contributed by atoms with Crippen LogP contribution < -0.4 is 15.5 Å². The monoisotopic (exact) mass is 673 g/mol. The zero-order valence-electron chi connectivity index (χ0n) is 21.3. The number of rotatable bonds is 11. The lowest BCUT2D eigenvalue weighted by atomic mass is 10.2. The number of thioether (sulfide) groups is 1. The lowest BCUT2D eigenvalue weighted by molar-refractivity contribution is -0.385. The van der Waals surface area contributed by atoms with Crippen molar-refractivity contribution in [2.24, 2.45) is 5.10 Å². The van der Waals surface area contributed by atoms with Crippen molar-refractivity contribution in [1.82, 2.24) is 20.2 Å². The number of hydrazone groups is 1. The number of non-ortho nitro benzene ring substituents is 1. The predicted molar refractivity (Wildman–Crippen MR) is 160 cm³/mol. The molecular formula is C26H24IN7O5S. The number of aromatic hydroxyl groups is 1. The van der Waals surface area contributed by atoms with Crippen LogP contribution in [0.3, 0.4) is 0 Å². The van der Waals surface area contributed by atoms with Crippen LogP contribution >= 0.6 is 34.4 Å². The molecule has 206 valence electrons. The van der Waals surface area contributed by atoms with Crippen molar-refractivity contribution in [1.29, 1.82) is 0 Å². The summed E-state index contributed by atoms with van der Waals surface area (Å²) in [6, 6.07) is 19.8. The first-order valence-corrected chi connectivity index (χ1v) is 13.8. The van der Waals surface area contributed by atoms with E-state index in [-0.39, 0.29) is 22.7 Å². The van der Waals surface area contributed by atoms with Crippen molar-refractivity contribution in [3.8, 4) is 17.2 Å². The fourth-order valence-corrected chi connectivity index (χ4v) is 4.76. The number of carbonyl (C=O) groups excluding carboxylic acids is 1. The van der Waals surface area contributed by atoms with Crippen molar-refractivity contribution in [3.63, 3.8) is 0 Å². The normalized spacial score (nSPS) is 11.8. The van der Waals surface area contributed by atoms with Gasteiger partial charge in [0, 0.05) is 26.6 Å². The van der Waals surface area contributed by atoms with Crippen LogP contribution in [0.5, 0.6) is 11.5 Å². The number of amides is 1. The second-order valence-corrected chi connectivity index (χ2v) is 10.8. The van der Waals surface area contributed by atoms with E-state index in [1.807, 2.05) is 59.2 Å². The Hall–Kier alpha value is -4.18. The number of carbonyl (C=O) groups is 1. The van der Waals surface area contributed by atoms with Gasteiger partial charge < -0.3 is 15.2 Å². The van der Waals surface area contributed by atoms with Crippen LogP contribution in [0.2, 0.25) is 0 Å². The third kappa shape index (κ3) is 7.06. The first kappa shape index (κ1) is 28.8. The molecule has 0 radical (unpaired) electrons. The van der Waals surface area contributed by atoms with E-state index in [1.54, 1.807) is 6.92 Å². The molecule has 14 heteroatoms. The molecule has 0 spiro atoms. The number of ether oxygens (including phenoxy) is 1. The van der Waals surface area contributed by atoms with Crippen LogP contribution in [0.25, 0.3) is 5.69 Å². The number of benzene rings is 3. The van der Waals surface area contributed by atoms with Gasteiger partial charge in [-0.05, 0) is 65.9 Å². The number of hydrogen-bond acceptors (Lipinski definition) is 10. The van der Waals surface area contributed by atoms with Crippen LogP contribution in [-0.2, 0) is 11.3 Å². The van der Waals surface area contributed by atoms with Gasteiger partial charge in [-0.25, -0.2) is 5.43 Å². The molecule has 1 heterocycles. The number of nitro benzene ring substituents is 1. The zero-order valence-corrected chi connectivity index (χ0v) is 24.3. The van der Waals surface area contributed by atoms with Gasteiger partial charge in [0.25, 0.3) is 11.6 Å². The lowest BCUT2D eigenvalue weighted by Gasteiger charge is -2.13. The minimum atomic E-state index is -0.630. The number of phenolic OH excluding ortho intramolecular Hbond substituents is 1. The van der Waals surface area contributed by atoms with E-state index in [1.165, 1.54) is 18.9 Å². The fraction of sp³-hybridized carbons (Fsp3) is 0.154. The topological polar surface area (TPSA) is 157 Å². The summed E-state index contributed by atoms with van der Waals surface area (Å²) in [5, 5.41) is 37.2. The van der Waals surface area contributed by atoms with Crippen LogP contribution in [0, 0.1) is 13.7 Å². The largest absolute Gasteiger partial charge is 0.504 e. The Bertz CT molecular complexity index is 1530. The first-order chi connectivity index (χ1) is 19.3. The molecule has 4 aromatic rings. The Balaban J connectivity index is 1.48. The zero-order chi connectivity index (χ0) is 28.6. The van der Waals surface area contributed by atoms with Gasteiger partial charge in [-0.2, -0.15) is 5.10 Å². The molecule has 1 aromatic heterocycles. The predicted octanol–water partition coefficient (Wildman–Crippen LogP) is 4.74. The molecule has 1 amide bonds. The van der Waals surface area contributed by atoms with Gasteiger partial charge >= 0.3 is 0 Å². The van der Waals surface area contributed by atoms with Gasteiger partial charge in [-0.15, -0.1) is 10.2 Å². The van der Waals surface area contributed by atoms with Crippen LogP contribution in [0.1, 0.15) is 18.3 Å². The minimum absolute atomic E-state index is 0.0146. The second-order valence-electron chi connectivity index (χ2n) is 8.27. The average molecular weight is 673 g/mol. The number of anilines is 1. The Labute approximate surface area is 247 Å². The van der Waals surface area contributed by atoms with E-state index in [2.05, 4.69) is 48.6 Å². The third-order valence-electron chi connectivity index (χ3n) is 5.56. The van der Waals surface area contributed by atoms with Crippen LogP contribution in [0.15, 0.2) is 77.0 Å². The SMILES string of the molecule is COc1cc([N+](=O)[O-])cc(/C=N\NC(=O)[C@H](C)Sc2nnc(CNc3ccc(I)cc3)n2-c2ccccc2)c1O. The highest BCUT2D eigenvalue weighted by atomic mass is 127. The number of hydrogen-bond donors (Lipinski definition) is 3. The van der Waals surface area contributed by atoms with Crippen molar-refractivity contribution < 1.29 is 19.6 Å².